The summed E-state index contributed by atoms with van der Waals surface area (Å²) in [7, 11) is 0. The third-order valence-corrected chi connectivity index (χ3v) is 2.86. The molecule has 16 heavy (non-hydrogen) atoms. The molecule has 0 aromatic heterocycles. The van der Waals surface area contributed by atoms with Gasteiger partial charge in [0.25, 0.3) is 0 Å². The maximum atomic E-state index is 11.1. The number of carbonyl (C=O) groups is 2. The first-order valence-electron chi connectivity index (χ1n) is 5.18. The highest BCUT2D eigenvalue weighted by Crippen LogP contribution is 2.24. The lowest BCUT2D eigenvalue weighted by Gasteiger charge is -2.30. The fraction of sp³-hybridized carbons (Fsp3) is 0.800. The van der Waals surface area contributed by atoms with E-state index in [-0.39, 0.29) is 24.0 Å². The van der Waals surface area contributed by atoms with E-state index < -0.39 is 11.9 Å². The lowest BCUT2D eigenvalue weighted by atomic mass is 9.94. The predicted molar refractivity (Wildman–Crippen MR) is 59.7 cm³/mol. The van der Waals surface area contributed by atoms with Crippen LogP contribution in [0.25, 0.3) is 0 Å². The van der Waals surface area contributed by atoms with Gasteiger partial charge in [0.05, 0.1) is 0 Å². The van der Waals surface area contributed by atoms with Crippen LogP contribution in [0.5, 0.6) is 0 Å². The van der Waals surface area contributed by atoms with Crippen LogP contribution in [-0.2, 0) is 19.1 Å². The van der Waals surface area contributed by atoms with Crippen molar-refractivity contribution in [3.8, 4) is 0 Å². The Labute approximate surface area is 104 Å². The van der Waals surface area contributed by atoms with Crippen LogP contribution in [0.4, 0.5) is 0 Å². The molecule has 2 unspecified atom stereocenters. The first-order chi connectivity index (χ1) is 7.67. The number of hydrogen-bond acceptors (Lipinski definition) is 4. The van der Waals surface area contributed by atoms with E-state index in [4.69, 9.17) is 32.7 Å². The highest BCUT2D eigenvalue weighted by Gasteiger charge is 2.30. The minimum Gasteiger partial charge on any atom is -0.458 e. The van der Waals surface area contributed by atoms with Gasteiger partial charge in [-0.2, -0.15) is 0 Å². The molecule has 0 heterocycles. The number of esters is 2. The summed E-state index contributed by atoms with van der Waals surface area (Å²) in [5, 5.41) is 0. The van der Waals surface area contributed by atoms with Crippen LogP contribution in [-0.4, -0.2) is 35.9 Å². The zero-order chi connectivity index (χ0) is 12.0. The van der Waals surface area contributed by atoms with Gasteiger partial charge >= 0.3 is 11.9 Å². The number of halogens is 2. The minimum absolute atomic E-state index is 0.188. The third kappa shape index (κ3) is 4.18. The van der Waals surface area contributed by atoms with E-state index in [0.717, 1.165) is 12.8 Å². The summed E-state index contributed by atoms with van der Waals surface area (Å²) in [4.78, 5) is 22.1. The van der Waals surface area contributed by atoms with Crippen LogP contribution in [0.3, 0.4) is 0 Å². The Morgan fingerprint density at radius 2 is 1.31 bits per heavy atom. The molecule has 0 radical (unpaired) electrons. The van der Waals surface area contributed by atoms with Gasteiger partial charge in [-0.1, -0.05) is 0 Å². The molecular formula is C10H14Cl2O4. The number of ether oxygens (including phenoxy) is 2. The largest absolute Gasteiger partial charge is 0.458 e. The molecule has 1 aliphatic carbocycles. The van der Waals surface area contributed by atoms with Gasteiger partial charge in [-0.25, -0.2) is 0 Å². The van der Waals surface area contributed by atoms with Crippen molar-refractivity contribution in [2.24, 2.45) is 0 Å². The smallest absolute Gasteiger partial charge is 0.321 e. The lowest BCUT2D eigenvalue weighted by molar-refractivity contribution is -0.168. The molecule has 92 valence electrons. The number of alkyl halides is 2. The Hall–Kier alpha value is -0.480. The minimum atomic E-state index is -0.486. The van der Waals surface area contributed by atoms with Crippen molar-refractivity contribution in [2.75, 3.05) is 11.8 Å². The van der Waals surface area contributed by atoms with Crippen LogP contribution >= 0.6 is 23.2 Å². The number of rotatable bonds is 4. The maximum Gasteiger partial charge on any atom is 0.321 e. The molecule has 4 nitrogen and oxygen atoms in total. The molecule has 1 fully saturated rings. The van der Waals surface area contributed by atoms with Gasteiger partial charge in [-0.3, -0.25) is 9.59 Å². The second-order valence-electron chi connectivity index (χ2n) is 3.61. The van der Waals surface area contributed by atoms with Gasteiger partial charge < -0.3 is 9.47 Å². The molecule has 0 N–H and O–H groups in total. The second kappa shape index (κ2) is 6.97. The van der Waals surface area contributed by atoms with Gasteiger partial charge in [0.15, 0.2) is 0 Å². The summed E-state index contributed by atoms with van der Waals surface area (Å²) in [5.74, 6) is -1.35. The number of carbonyl (C=O) groups excluding carboxylic acids is 2. The van der Waals surface area contributed by atoms with E-state index in [0.29, 0.717) is 12.8 Å². The molecule has 1 rings (SSSR count). The molecule has 0 spiro atoms. The standard InChI is InChI=1S/C10H14Cl2O4/c11-5-9(13)15-7-3-1-2-4-8(7)16-10(14)6-12/h7-8H,1-6H2. The maximum absolute atomic E-state index is 11.1. The average Bonchev–Trinajstić information content (AvgIpc) is 2.31. The van der Waals surface area contributed by atoms with Crippen molar-refractivity contribution >= 4 is 35.1 Å². The van der Waals surface area contributed by atoms with E-state index in [9.17, 15) is 9.59 Å². The van der Waals surface area contributed by atoms with Crippen LogP contribution in [0.2, 0.25) is 0 Å². The monoisotopic (exact) mass is 268 g/mol. The topological polar surface area (TPSA) is 52.6 Å². The van der Waals surface area contributed by atoms with E-state index in [1.54, 1.807) is 0 Å². The SMILES string of the molecule is O=C(CCl)OC1CCCCC1OC(=O)CCl. The molecule has 0 aromatic carbocycles. The molecule has 1 aliphatic rings. The molecule has 0 aliphatic heterocycles. The Bertz CT molecular complexity index is 231. The number of hydrogen-bond donors (Lipinski definition) is 0. The molecule has 6 heteroatoms. The fourth-order valence-corrected chi connectivity index (χ4v) is 1.86. The van der Waals surface area contributed by atoms with Gasteiger partial charge in [-0.15, -0.1) is 23.2 Å². The fourth-order valence-electron chi connectivity index (χ4n) is 1.73. The van der Waals surface area contributed by atoms with Crippen LogP contribution < -0.4 is 0 Å². The molecule has 0 amide bonds. The zero-order valence-electron chi connectivity index (χ0n) is 8.79. The quantitative estimate of drug-likeness (QED) is 0.577. The van der Waals surface area contributed by atoms with Crippen molar-refractivity contribution in [3.05, 3.63) is 0 Å². The summed E-state index contributed by atoms with van der Waals surface area (Å²) in [6.07, 6.45) is 2.54. The lowest BCUT2D eigenvalue weighted by Crippen LogP contribution is -2.38. The highest BCUT2D eigenvalue weighted by molar-refractivity contribution is 6.26. The van der Waals surface area contributed by atoms with E-state index in [1.807, 2.05) is 0 Å². The summed E-state index contributed by atoms with van der Waals surface area (Å²) in [6.45, 7) is 0. The Balaban J connectivity index is 2.49. The van der Waals surface area contributed by atoms with Gasteiger partial charge in [0.1, 0.15) is 24.0 Å². The summed E-state index contributed by atoms with van der Waals surface area (Å²) in [6, 6.07) is 0. The van der Waals surface area contributed by atoms with Crippen LogP contribution in [0.15, 0.2) is 0 Å². The molecule has 1 saturated carbocycles. The van der Waals surface area contributed by atoms with Gasteiger partial charge in [0.2, 0.25) is 0 Å². The van der Waals surface area contributed by atoms with Crippen LogP contribution in [0.1, 0.15) is 25.7 Å². The summed E-state index contributed by atoms with van der Waals surface area (Å²) < 4.78 is 10.2. The Morgan fingerprint density at radius 3 is 1.62 bits per heavy atom. The van der Waals surface area contributed by atoms with Crippen LogP contribution in [0, 0.1) is 0 Å². The molecule has 0 bridgehead atoms. The molecule has 0 saturated heterocycles. The molecule has 0 aromatic rings. The van der Waals surface area contributed by atoms with Crippen molar-refractivity contribution in [1.82, 2.24) is 0 Å². The van der Waals surface area contributed by atoms with E-state index in [1.165, 1.54) is 0 Å². The zero-order valence-corrected chi connectivity index (χ0v) is 10.3. The normalized spacial score (nSPS) is 24.9. The Morgan fingerprint density at radius 1 is 0.938 bits per heavy atom. The molecular weight excluding hydrogens is 255 g/mol. The van der Waals surface area contributed by atoms with Gasteiger partial charge in [-0.05, 0) is 25.7 Å². The first-order valence-corrected chi connectivity index (χ1v) is 6.25. The molecule has 2 atom stereocenters. The van der Waals surface area contributed by atoms with Crippen molar-refractivity contribution in [3.63, 3.8) is 0 Å². The highest BCUT2D eigenvalue weighted by atomic mass is 35.5. The van der Waals surface area contributed by atoms with Gasteiger partial charge in [0, 0.05) is 0 Å². The Kier molecular flexibility index (Phi) is 5.91. The van der Waals surface area contributed by atoms with Crippen molar-refractivity contribution in [1.29, 1.82) is 0 Å². The second-order valence-corrected chi connectivity index (χ2v) is 4.14. The summed E-state index contributed by atoms with van der Waals surface area (Å²) in [5.41, 5.74) is 0. The van der Waals surface area contributed by atoms with Crippen molar-refractivity contribution in [2.45, 2.75) is 37.9 Å². The first kappa shape index (κ1) is 13.6. The average molecular weight is 269 g/mol. The third-order valence-electron chi connectivity index (χ3n) is 2.43. The van der Waals surface area contributed by atoms with E-state index >= 15 is 0 Å². The van der Waals surface area contributed by atoms with E-state index in [2.05, 4.69) is 0 Å². The predicted octanol–water partition coefficient (Wildman–Crippen LogP) is 1.86. The van der Waals surface area contributed by atoms with Crippen molar-refractivity contribution < 1.29 is 19.1 Å². The summed E-state index contributed by atoms with van der Waals surface area (Å²) >= 11 is 10.7.